The summed E-state index contributed by atoms with van der Waals surface area (Å²) >= 11 is 9.27. The van der Waals surface area contributed by atoms with Gasteiger partial charge in [0, 0.05) is 9.75 Å². The summed E-state index contributed by atoms with van der Waals surface area (Å²) in [5, 5.41) is 4.13. The van der Waals surface area contributed by atoms with Crippen molar-refractivity contribution in [1.29, 1.82) is 0 Å². The second-order valence-electron chi connectivity index (χ2n) is 4.37. The number of hydrogen-bond donors (Lipinski definition) is 1. The van der Waals surface area contributed by atoms with Crippen LogP contribution in [0.5, 0.6) is 0 Å². The molecular weight excluding hydrogens is 298 g/mol. The van der Waals surface area contributed by atoms with Crippen LogP contribution in [0.3, 0.4) is 0 Å². The van der Waals surface area contributed by atoms with Crippen LogP contribution in [0.25, 0.3) is 11.0 Å². The van der Waals surface area contributed by atoms with E-state index in [0.717, 1.165) is 16.7 Å². The van der Waals surface area contributed by atoms with Gasteiger partial charge >= 0.3 is 0 Å². The highest BCUT2D eigenvalue weighted by atomic mass is 35.5. The summed E-state index contributed by atoms with van der Waals surface area (Å²) in [5.41, 5.74) is 2.59. The van der Waals surface area contributed by atoms with E-state index in [1.54, 1.807) is 11.3 Å². The molecule has 1 unspecified atom stereocenters. The van der Waals surface area contributed by atoms with Crippen molar-refractivity contribution >= 4 is 51.4 Å². The van der Waals surface area contributed by atoms with Crippen molar-refractivity contribution in [1.82, 2.24) is 8.75 Å². The second-order valence-corrected chi connectivity index (χ2v) is 6.62. The molecule has 3 rings (SSSR count). The first kappa shape index (κ1) is 12.8. The summed E-state index contributed by atoms with van der Waals surface area (Å²) in [6.07, 6.45) is 0. The lowest BCUT2D eigenvalue weighted by Crippen LogP contribution is -2.05. The Bertz CT molecular complexity index is 720. The maximum absolute atomic E-state index is 6.27. The highest BCUT2D eigenvalue weighted by molar-refractivity contribution is 7.12. The molecule has 1 aromatic carbocycles. The Kier molecular flexibility index (Phi) is 3.43. The number of benzene rings is 1. The first-order valence-electron chi connectivity index (χ1n) is 5.89. The van der Waals surface area contributed by atoms with Gasteiger partial charge < -0.3 is 5.32 Å². The van der Waals surface area contributed by atoms with Crippen LogP contribution in [0, 0.1) is 6.92 Å². The molecule has 0 spiro atoms. The van der Waals surface area contributed by atoms with Gasteiger partial charge in [-0.3, -0.25) is 0 Å². The monoisotopic (exact) mass is 309 g/mol. The predicted molar refractivity (Wildman–Crippen MR) is 83.5 cm³/mol. The minimum absolute atomic E-state index is 0.198. The molecule has 1 N–H and O–H groups in total. The van der Waals surface area contributed by atoms with Crippen molar-refractivity contribution in [3.05, 3.63) is 39.0 Å². The molecule has 0 radical (unpaired) electrons. The number of rotatable bonds is 3. The first-order valence-corrected chi connectivity index (χ1v) is 7.81. The fourth-order valence-corrected chi connectivity index (χ4v) is 3.57. The van der Waals surface area contributed by atoms with Crippen molar-refractivity contribution in [2.45, 2.75) is 19.9 Å². The number of halogens is 1. The van der Waals surface area contributed by atoms with E-state index in [0.29, 0.717) is 5.02 Å². The Morgan fingerprint density at radius 3 is 2.79 bits per heavy atom. The van der Waals surface area contributed by atoms with Crippen LogP contribution in [0.15, 0.2) is 24.3 Å². The SMILES string of the molecule is Cc1ccc(C(C)Nc2c(Cl)ccc3nsnc23)s1. The number of aromatic nitrogens is 2. The molecular formula is C13H12ClN3S2. The lowest BCUT2D eigenvalue weighted by molar-refractivity contribution is 0.910. The van der Waals surface area contributed by atoms with Crippen molar-refractivity contribution < 1.29 is 0 Å². The van der Waals surface area contributed by atoms with Crippen molar-refractivity contribution in [3.63, 3.8) is 0 Å². The Morgan fingerprint density at radius 1 is 1.21 bits per heavy atom. The number of thiophene rings is 1. The number of nitrogens with one attached hydrogen (secondary N) is 1. The maximum Gasteiger partial charge on any atom is 0.129 e. The molecule has 19 heavy (non-hydrogen) atoms. The van der Waals surface area contributed by atoms with Gasteiger partial charge in [0.2, 0.25) is 0 Å². The standard InChI is InChI=1S/C13H12ClN3S2/c1-7-3-6-11(18-7)8(2)15-12-9(14)4-5-10-13(12)17-19-16-10/h3-6,8,15H,1-2H3. The van der Waals surface area contributed by atoms with Gasteiger partial charge in [0.15, 0.2) is 0 Å². The zero-order valence-electron chi connectivity index (χ0n) is 10.5. The molecule has 1 atom stereocenters. The van der Waals surface area contributed by atoms with Crippen LogP contribution in [-0.2, 0) is 0 Å². The smallest absolute Gasteiger partial charge is 0.129 e. The van der Waals surface area contributed by atoms with E-state index in [4.69, 9.17) is 11.6 Å². The molecule has 0 aliphatic rings. The van der Waals surface area contributed by atoms with E-state index in [2.05, 4.69) is 40.0 Å². The number of anilines is 1. The van der Waals surface area contributed by atoms with Gasteiger partial charge in [-0.2, -0.15) is 8.75 Å². The minimum atomic E-state index is 0.198. The Morgan fingerprint density at radius 2 is 2.05 bits per heavy atom. The van der Waals surface area contributed by atoms with Crippen LogP contribution >= 0.6 is 34.7 Å². The van der Waals surface area contributed by atoms with E-state index < -0.39 is 0 Å². The molecule has 0 saturated carbocycles. The zero-order chi connectivity index (χ0) is 13.4. The topological polar surface area (TPSA) is 37.8 Å². The fourth-order valence-electron chi connectivity index (χ4n) is 1.94. The van der Waals surface area contributed by atoms with Gasteiger partial charge in [-0.25, -0.2) is 0 Å². The number of aryl methyl sites for hydroxylation is 1. The van der Waals surface area contributed by atoms with Gasteiger partial charge in [0.05, 0.1) is 28.5 Å². The van der Waals surface area contributed by atoms with Crippen LogP contribution in [-0.4, -0.2) is 8.75 Å². The van der Waals surface area contributed by atoms with E-state index in [-0.39, 0.29) is 6.04 Å². The molecule has 0 saturated heterocycles. The lowest BCUT2D eigenvalue weighted by atomic mass is 10.2. The summed E-state index contributed by atoms with van der Waals surface area (Å²) in [6, 6.07) is 8.23. The normalized spacial score (nSPS) is 12.8. The van der Waals surface area contributed by atoms with Crippen LogP contribution in [0.4, 0.5) is 5.69 Å². The zero-order valence-corrected chi connectivity index (χ0v) is 12.9. The number of nitrogens with zero attached hydrogens (tertiary/aromatic N) is 2. The van der Waals surface area contributed by atoms with Crippen molar-refractivity contribution in [3.8, 4) is 0 Å². The quantitative estimate of drug-likeness (QED) is 0.748. The largest absolute Gasteiger partial charge is 0.375 e. The average Bonchev–Trinajstić information content (AvgIpc) is 3.01. The van der Waals surface area contributed by atoms with E-state index >= 15 is 0 Å². The average molecular weight is 310 g/mol. The van der Waals surface area contributed by atoms with Gasteiger partial charge in [-0.1, -0.05) is 11.6 Å². The van der Waals surface area contributed by atoms with Gasteiger partial charge in [-0.05, 0) is 38.1 Å². The molecule has 6 heteroatoms. The third kappa shape index (κ3) is 2.45. The fraction of sp³-hybridized carbons (Fsp3) is 0.231. The van der Waals surface area contributed by atoms with Crippen LogP contribution < -0.4 is 5.32 Å². The van der Waals surface area contributed by atoms with Crippen molar-refractivity contribution in [2.24, 2.45) is 0 Å². The summed E-state index contributed by atoms with van der Waals surface area (Å²) in [4.78, 5) is 2.59. The second kappa shape index (κ2) is 5.07. The highest BCUT2D eigenvalue weighted by Gasteiger charge is 2.14. The van der Waals surface area contributed by atoms with Crippen LogP contribution in [0.2, 0.25) is 5.02 Å². The van der Waals surface area contributed by atoms with Crippen molar-refractivity contribution in [2.75, 3.05) is 5.32 Å². The molecule has 0 fully saturated rings. The molecule has 0 aliphatic carbocycles. The van der Waals surface area contributed by atoms with Gasteiger partial charge in [-0.15, -0.1) is 11.3 Å². The Labute approximate surface area is 124 Å². The van der Waals surface area contributed by atoms with Gasteiger partial charge in [0.1, 0.15) is 11.0 Å². The summed E-state index contributed by atoms with van der Waals surface area (Å²) in [5.74, 6) is 0. The molecule has 98 valence electrons. The lowest BCUT2D eigenvalue weighted by Gasteiger charge is -2.15. The van der Waals surface area contributed by atoms with Gasteiger partial charge in [0.25, 0.3) is 0 Å². The number of fused-ring (bicyclic) bond motifs is 1. The Hall–Kier alpha value is -1.17. The molecule has 3 aromatic rings. The highest BCUT2D eigenvalue weighted by Crippen LogP contribution is 2.34. The number of hydrogen-bond acceptors (Lipinski definition) is 5. The summed E-state index contributed by atoms with van der Waals surface area (Å²) in [7, 11) is 0. The third-order valence-corrected chi connectivity index (χ3v) is 4.97. The summed E-state index contributed by atoms with van der Waals surface area (Å²) in [6.45, 7) is 4.24. The molecule has 0 bridgehead atoms. The minimum Gasteiger partial charge on any atom is -0.375 e. The van der Waals surface area contributed by atoms with E-state index in [9.17, 15) is 0 Å². The Balaban J connectivity index is 1.96. The maximum atomic E-state index is 6.27. The molecule has 2 heterocycles. The summed E-state index contributed by atoms with van der Waals surface area (Å²) < 4.78 is 8.56. The van der Waals surface area contributed by atoms with Crippen LogP contribution in [0.1, 0.15) is 22.7 Å². The third-order valence-electron chi connectivity index (χ3n) is 2.93. The molecule has 0 amide bonds. The molecule has 0 aliphatic heterocycles. The molecule has 3 nitrogen and oxygen atoms in total. The first-order chi connectivity index (χ1) is 9.15. The predicted octanol–water partition coefficient (Wildman–Crippen LogP) is 4.89. The van der Waals surface area contributed by atoms with E-state index in [1.807, 2.05) is 12.1 Å². The molecule has 2 aromatic heterocycles. The van der Waals surface area contributed by atoms with E-state index in [1.165, 1.54) is 21.5 Å².